The normalized spacial score (nSPS) is 11.5. The Morgan fingerprint density at radius 1 is 1.00 bits per heavy atom. The van der Waals surface area contributed by atoms with Gasteiger partial charge in [0.05, 0.1) is 32.0 Å². The fraction of sp³-hybridized carbons (Fsp3) is 0.292. The molecule has 3 aromatic rings. The standard InChI is InChI=1S/C24H28N4O2S/c1-17-10-5-7-12-20(17)27-22(29)19(16-25-14-9-15-26(3)4)23(30)28(24(27)31)21-13-8-6-11-18(21)2/h5-8,10-13,16,29H,9,14-15H2,1-4H3/p+1. The van der Waals surface area contributed by atoms with E-state index < -0.39 is 0 Å². The number of aromatic hydroxyl groups is 1. The summed E-state index contributed by atoms with van der Waals surface area (Å²) in [5.74, 6) is -0.198. The molecule has 0 unspecified atom stereocenters. The average molecular weight is 438 g/mol. The van der Waals surface area contributed by atoms with E-state index in [0.29, 0.717) is 12.2 Å². The predicted octanol–water partition coefficient (Wildman–Crippen LogP) is 2.63. The summed E-state index contributed by atoms with van der Waals surface area (Å²) in [5, 5.41) is 11.1. The number of aromatic nitrogens is 2. The number of nitrogens with one attached hydrogen (secondary N) is 1. The van der Waals surface area contributed by atoms with Crippen molar-refractivity contribution in [3.8, 4) is 17.3 Å². The Labute approximate surface area is 187 Å². The topological polar surface area (TPSA) is 64.0 Å². The van der Waals surface area contributed by atoms with Gasteiger partial charge in [-0.2, -0.15) is 0 Å². The number of aliphatic imine (C=N–C) groups is 1. The Bertz CT molecular complexity index is 1220. The van der Waals surface area contributed by atoms with Gasteiger partial charge in [-0.05, 0) is 49.3 Å². The molecule has 2 N–H and O–H groups in total. The quantitative estimate of drug-likeness (QED) is 0.339. The largest absolute Gasteiger partial charge is 0.494 e. The first-order valence-corrected chi connectivity index (χ1v) is 10.8. The van der Waals surface area contributed by atoms with Gasteiger partial charge < -0.3 is 10.0 Å². The van der Waals surface area contributed by atoms with Gasteiger partial charge in [0.2, 0.25) is 5.88 Å². The highest BCUT2D eigenvalue weighted by Crippen LogP contribution is 2.24. The summed E-state index contributed by atoms with van der Waals surface area (Å²) in [6, 6.07) is 15.2. The van der Waals surface area contributed by atoms with Crippen molar-refractivity contribution in [3.05, 3.63) is 80.3 Å². The molecule has 0 aliphatic heterocycles. The van der Waals surface area contributed by atoms with Gasteiger partial charge in [0.25, 0.3) is 5.56 Å². The van der Waals surface area contributed by atoms with Crippen LogP contribution < -0.4 is 10.5 Å². The molecule has 6 nitrogen and oxygen atoms in total. The Hall–Kier alpha value is -3.03. The fourth-order valence-electron chi connectivity index (χ4n) is 3.46. The monoisotopic (exact) mass is 437 g/mol. The van der Waals surface area contributed by atoms with E-state index in [2.05, 4.69) is 19.1 Å². The van der Waals surface area contributed by atoms with Crippen LogP contribution in [0, 0.1) is 18.6 Å². The van der Waals surface area contributed by atoms with Gasteiger partial charge in [0, 0.05) is 19.2 Å². The minimum atomic E-state index is -0.386. The van der Waals surface area contributed by atoms with Crippen LogP contribution in [0.5, 0.6) is 5.88 Å². The second kappa shape index (κ2) is 9.85. The molecule has 0 atom stereocenters. The Morgan fingerprint density at radius 2 is 1.55 bits per heavy atom. The van der Waals surface area contributed by atoms with Crippen molar-refractivity contribution >= 4 is 18.4 Å². The summed E-state index contributed by atoms with van der Waals surface area (Å²) in [6.07, 6.45) is 2.36. The number of hydrogen-bond donors (Lipinski definition) is 2. The van der Waals surface area contributed by atoms with Crippen LogP contribution in [0.1, 0.15) is 23.1 Å². The van der Waals surface area contributed by atoms with E-state index in [1.807, 2.05) is 62.4 Å². The van der Waals surface area contributed by atoms with Crippen LogP contribution in [0.15, 0.2) is 58.3 Å². The van der Waals surface area contributed by atoms with Gasteiger partial charge in [0.15, 0.2) is 4.77 Å². The molecule has 1 aromatic heterocycles. The van der Waals surface area contributed by atoms with Crippen molar-refractivity contribution < 1.29 is 10.0 Å². The lowest BCUT2D eigenvalue weighted by atomic mass is 10.2. The molecule has 0 spiro atoms. The van der Waals surface area contributed by atoms with Gasteiger partial charge in [-0.3, -0.25) is 18.9 Å². The number of aryl methyl sites for hydroxylation is 2. The molecular formula is C24H29N4O2S+. The molecule has 0 amide bonds. The lowest BCUT2D eigenvalue weighted by Gasteiger charge is -2.18. The van der Waals surface area contributed by atoms with Crippen LogP contribution in [-0.4, -0.2) is 47.6 Å². The van der Waals surface area contributed by atoms with Crippen LogP contribution in [-0.2, 0) is 0 Å². The van der Waals surface area contributed by atoms with Crippen LogP contribution in [0.3, 0.4) is 0 Å². The third-order valence-corrected chi connectivity index (χ3v) is 5.53. The van der Waals surface area contributed by atoms with Crippen molar-refractivity contribution in [3.63, 3.8) is 0 Å². The molecule has 162 valence electrons. The summed E-state index contributed by atoms with van der Waals surface area (Å²) in [6.45, 7) is 5.43. The lowest BCUT2D eigenvalue weighted by molar-refractivity contribution is -0.858. The van der Waals surface area contributed by atoms with E-state index in [1.165, 1.54) is 15.7 Å². The molecule has 0 fully saturated rings. The van der Waals surface area contributed by atoms with E-state index in [0.717, 1.165) is 29.8 Å². The van der Waals surface area contributed by atoms with Crippen molar-refractivity contribution in [1.29, 1.82) is 0 Å². The highest BCUT2D eigenvalue weighted by atomic mass is 32.1. The van der Waals surface area contributed by atoms with Gasteiger partial charge in [-0.25, -0.2) is 0 Å². The molecule has 31 heavy (non-hydrogen) atoms. The van der Waals surface area contributed by atoms with Crippen molar-refractivity contribution in [1.82, 2.24) is 9.13 Å². The molecule has 0 radical (unpaired) electrons. The van der Waals surface area contributed by atoms with Crippen LogP contribution in [0.25, 0.3) is 11.4 Å². The van der Waals surface area contributed by atoms with Gasteiger partial charge in [-0.1, -0.05) is 36.4 Å². The zero-order valence-electron chi connectivity index (χ0n) is 18.4. The van der Waals surface area contributed by atoms with Crippen LogP contribution in [0.2, 0.25) is 0 Å². The highest BCUT2D eigenvalue weighted by molar-refractivity contribution is 7.71. The molecule has 2 aromatic carbocycles. The number of nitrogens with zero attached hydrogens (tertiary/aromatic N) is 3. The second-order valence-electron chi connectivity index (χ2n) is 7.91. The molecular weight excluding hydrogens is 408 g/mol. The minimum Gasteiger partial charge on any atom is -0.494 e. The smallest absolute Gasteiger partial charge is 0.271 e. The molecule has 0 saturated carbocycles. The van der Waals surface area contributed by atoms with Gasteiger partial charge in [0.1, 0.15) is 5.56 Å². The average Bonchev–Trinajstić information content (AvgIpc) is 2.72. The number of quaternary nitrogens is 1. The van der Waals surface area contributed by atoms with Gasteiger partial charge >= 0.3 is 0 Å². The predicted molar refractivity (Wildman–Crippen MR) is 128 cm³/mol. The summed E-state index contributed by atoms with van der Waals surface area (Å²) < 4.78 is 3.23. The molecule has 0 aliphatic carbocycles. The lowest BCUT2D eigenvalue weighted by Crippen LogP contribution is -3.05. The molecule has 3 rings (SSSR count). The number of hydrogen-bond acceptors (Lipinski definition) is 4. The van der Waals surface area contributed by atoms with E-state index >= 15 is 0 Å². The zero-order valence-corrected chi connectivity index (χ0v) is 19.2. The molecule has 1 heterocycles. The Kier molecular flexibility index (Phi) is 7.20. The van der Waals surface area contributed by atoms with E-state index in [4.69, 9.17) is 12.2 Å². The minimum absolute atomic E-state index is 0.123. The number of para-hydroxylation sites is 2. The Balaban J connectivity index is 2.25. The zero-order chi connectivity index (χ0) is 22.5. The maximum atomic E-state index is 13.4. The van der Waals surface area contributed by atoms with E-state index in [-0.39, 0.29) is 21.8 Å². The summed E-state index contributed by atoms with van der Waals surface area (Å²) >= 11 is 5.71. The summed E-state index contributed by atoms with van der Waals surface area (Å²) in [5.41, 5.74) is 2.99. The molecule has 7 heteroatoms. The summed E-state index contributed by atoms with van der Waals surface area (Å²) in [7, 11) is 4.17. The maximum Gasteiger partial charge on any atom is 0.271 e. The fourth-order valence-corrected chi connectivity index (χ4v) is 3.83. The number of benzene rings is 2. The molecule has 0 saturated heterocycles. The third-order valence-electron chi connectivity index (χ3n) is 5.17. The molecule has 0 bridgehead atoms. The van der Waals surface area contributed by atoms with Crippen molar-refractivity contribution in [2.45, 2.75) is 20.3 Å². The van der Waals surface area contributed by atoms with E-state index in [9.17, 15) is 9.90 Å². The Morgan fingerprint density at radius 3 is 2.10 bits per heavy atom. The third kappa shape index (κ3) is 4.84. The maximum absolute atomic E-state index is 13.4. The SMILES string of the molecule is Cc1ccccc1-n1c(O)c(C=NCCC[NH+](C)C)c(=O)n(-c2ccccc2C)c1=S. The number of rotatable bonds is 7. The van der Waals surface area contributed by atoms with Crippen LogP contribution >= 0.6 is 12.2 Å². The van der Waals surface area contributed by atoms with Crippen molar-refractivity contribution in [2.75, 3.05) is 27.2 Å². The summed E-state index contributed by atoms with van der Waals surface area (Å²) in [4.78, 5) is 19.2. The van der Waals surface area contributed by atoms with Gasteiger partial charge in [-0.15, -0.1) is 0 Å². The molecule has 0 aliphatic rings. The van der Waals surface area contributed by atoms with E-state index in [1.54, 1.807) is 4.57 Å². The van der Waals surface area contributed by atoms with Crippen molar-refractivity contribution in [2.24, 2.45) is 4.99 Å². The van der Waals surface area contributed by atoms with Crippen LogP contribution in [0.4, 0.5) is 0 Å². The first-order valence-electron chi connectivity index (χ1n) is 10.3. The first kappa shape index (κ1) is 22.7. The highest BCUT2D eigenvalue weighted by Gasteiger charge is 2.19. The second-order valence-corrected chi connectivity index (χ2v) is 8.28. The first-order chi connectivity index (χ1) is 14.8.